The summed E-state index contributed by atoms with van der Waals surface area (Å²) in [5.74, 6) is -0.146. The quantitative estimate of drug-likeness (QED) is 0.755. The van der Waals surface area contributed by atoms with Gasteiger partial charge in [0.25, 0.3) is 0 Å². The highest BCUT2D eigenvalue weighted by Gasteiger charge is 2.06. The van der Waals surface area contributed by atoms with E-state index >= 15 is 0 Å². The van der Waals surface area contributed by atoms with Crippen molar-refractivity contribution in [2.24, 2.45) is 0 Å². The average Bonchev–Trinajstić information content (AvgIpc) is 2.21. The molecule has 0 aliphatic heterocycles. The lowest BCUT2D eigenvalue weighted by Gasteiger charge is -2.12. The van der Waals surface area contributed by atoms with E-state index in [-0.39, 0.29) is 23.5 Å². The molecule has 1 atom stereocenters. The van der Waals surface area contributed by atoms with Crippen molar-refractivity contribution in [1.29, 1.82) is 0 Å². The molecule has 15 heavy (non-hydrogen) atoms. The van der Waals surface area contributed by atoms with Gasteiger partial charge in [-0.1, -0.05) is 12.1 Å². The molecule has 1 aromatic rings. The lowest BCUT2D eigenvalue weighted by Crippen LogP contribution is -2.34. The first-order valence-electron chi connectivity index (χ1n) is 4.76. The molecule has 4 heteroatoms. The number of benzene rings is 1. The second kappa shape index (κ2) is 5.75. The van der Waals surface area contributed by atoms with Gasteiger partial charge in [-0.3, -0.25) is 4.79 Å². The van der Waals surface area contributed by atoms with Gasteiger partial charge in [0.15, 0.2) is 0 Å². The number of carbonyl (C=O) groups is 1. The van der Waals surface area contributed by atoms with Crippen LogP contribution in [0.1, 0.15) is 12.5 Å². The zero-order chi connectivity index (χ0) is 11.3. The average molecular weight is 227 g/mol. The molecule has 1 unspecified atom stereocenters. The second-order valence-corrected chi connectivity index (χ2v) is 3.77. The number of rotatable bonds is 4. The van der Waals surface area contributed by atoms with Crippen molar-refractivity contribution >= 4 is 18.5 Å². The maximum Gasteiger partial charge on any atom is 0.229 e. The minimum absolute atomic E-state index is 0.0371. The highest BCUT2D eigenvalue weighted by molar-refractivity contribution is 7.81. The van der Waals surface area contributed by atoms with Crippen molar-refractivity contribution in [2.75, 3.05) is 5.75 Å². The van der Waals surface area contributed by atoms with E-state index in [0.717, 1.165) is 5.56 Å². The summed E-state index contributed by atoms with van der Waals surface area (Å²) in [6.07, 6.45) is 0.694. The molecule has 0 spiro atoms. The van der Waals surface area contributed by atoms with Crippen LogP contribution in [0.2, 0.25) is 0 Å². The molecule has 82 valence electrons. The maximum atomic E-state index is 12.6. The van der Waals surface area contributed by atoms with Crippen molar-refractivity contribution in [1.82, 2.24) is 5.32 Å². The fraction of sp³-hybridized carbons (Fsp3) is 0.364. The topological polar surface area (TPSA) is 29.1 Å². The van der Waals surface area contributed by atoms with Crippen LogP contribution < -0.4 is 5.32 Å². The van der Waals surface area contributed by atoms with E-state index in [1.807, 2.05) is 6.92 Å². The molecule has 0 saturated carbocycles. The molecule has 0 radical (unpaired) electrons. The third-order valence-corrected chi connectivity index (χ3v) is 2.29. The predicted molar refractivity (Wildman–Crippen MR) is 61.6 cm³/mol. The summed E-state index contributed by atoms with van der Waals surface area (Å²) < 4.78 is 12.6. The highest BCUT2D eigenvalue weighted by atomic mass is 32.1. The van der Waals surface area contributed by atoms with Gasteiger partial charge in [-0.2, -0.15) is 12.6 Å². The Hall–Kier alpha value is -1.03. The third-order valence-electron chi connectivity index (χ3n) is 2.01. The summed E-state index contributed by atoms with van der Waals surface area (Å²) in [6, 6.07) is 6.32. The Kier molecular flexibility index (Phi) is 4.62. The molecule has 1 aromatic carbocycles. The summed E-state index contributed by atoms with van der Waals surface area (Å²) in [4.78, 5) is 11.0. The van der Waals surface area contributed by atoms with Crippen LogP contribution >= 0.6 is 12.6 Å². The van der Waals surface area contributed by atoms with Crippen LogP contribution in [0.3, 0.4) is 0 Å². The zero-order valence-electron chi connectivity index (χ0n) is 8.53. The molecule has 0 heterocycles. The van der Waals surface area contributed by atoms with Crippen LogP contribution in [0.4, 0.5) is 4.39 Å². The largest absolute Gasteiger partial charge is 0.353 e. The van der Waals surface area contributed by atoms with E-state index in [0.29, 0.717) is 6.42 Å². The number of thiol groups is 1. The Morgan fingerprint density at radius 2 is 2.07 bits per heavy atom. The monoisotopic (exact) mass is 227 g/mol. The van der Waals surface area contributed by atoms with Gasteiger partial charge in [-0.15, -0.1) is 0 Å². The molecular weight excluding hydrogens is 213 g/mol. The second-order valence-electron chi connectivity index (χ2n) is 3.46. The Balaban J connectivity index is 2.47. The van der Waals surface area contributed by atoms with Crippen LogP contribution in [-0.2, 0) is 11.2 Å². The van der Waals surface area contributed by atoms with Gasteiger partial charge in [-0.05, 0) is 31.0 Å². The molecular formula is C11H14FNOS. The summed E-state index contributed by atoms with van der Waals surface area (Å²) in [6.45, 7) is 1.91. The smallest absolute Gasteiger partial charge is 0.229 e. The van der Waals surface area contributed by atoms with E-state index < -0.39 is 0 Å². The van der Waals surface area contributed by atoms with Gasteiger partial charge in [0.05, 0.1) is 5.75 Å². The van der Waals surface area contributed by atoms with Gasteiger partial charge < -0.3 is 5.32 Å². The van der Waals surface area contributed by atoms with E-state index in [1.165, 1.54) is 12.1 Å². The van der Waals surface area contributed by atoms with E-state index in [4.69, 9.17) is 0 Å². The Morgan fingerprint density at radius 3 is 2.60 bits per heavy atom. The van der Waals surface area contributed by atoms with Crippen LogP contribution in [0.15, 0.2) is 24.3 Å². The minimum Gasteiger partial charge on any atom is -0.353 e. The first-order chi connectivity index (χ1) is 7.11. The molecule has 0 saturated heterocycles. The first kappa shape index (κ1) is 12.0. The molecule has 0 bridgehead atoms. The lowest BCUT2D eigenvalue weighted by atomic mass is 10.1. The molecule has 1 amide bonds. The highest BCUT2D eigenvalue weighted by Crippen LogP contribution is 2.05. The normalized spacial score (nSPS) is 12.2. The van der Waals surface area contributed by atoms with Crippen molar-refractivity contribution in [3.05, 3.63) is 35.6 Å². The van der Waals surface area contributed by atoms with Gasteiger partial charge in [0.1, 0.15) is 5.82 Å². The van der Waals surface area contributed by atoms with Crippen molar-refractivity contribution in [2.45, 2.75) is 19.4 Å². The van der Waals surface area contributed by atoms with Gasteiger partial charge in [-0.25, -0.2) is 4.39 Å². The Morgan fingerprint density at radius 1 is 1.47 bits per heavy atom. The van der Waals surface area contributed by atoms with Crippen LogP contribution in [0.5, 0.6) is 0 Å². The van der Waals surface area contributed by atoms with Gasteiger partial charge >= 0.3 is 0 Å². The zero-order valence-corrected chi connectivity index (χ0v) is 9.43. The maximum absolute atomic E-state index is 12.6. The SMILES string of the molecule is CC(Cc1ccc(F)cc1)NC(=O)CS. The van der Waals surface area contributed by atoms with Gasteiger partial charge in [0, 0.05) is 6.04 Å². The number of nitrogens with one attached hydrogen (secondary N) is 1. The number of hydrogen-bond donors (Lipinski definition) is 2. The molecule has 1 rings (SSSR count). The van der Waals surface area contributed by atoms with Crippen LogP contribution in [-0.4, -0.2) is 17.7 Å². The Bertz CT molecular complexity index is 326. The fourth-order valence-corrected chi connectivity index (χ4v) is 1.44. The number of hydrogen-bond acceptors (Lipinski definition) is 2. The molecule has 1 N–H and O–H groups in total. The summed E-state index contributed by atoms with van der Waals surface area (Å²) in [5, 5.41) is 2.78. The number of carbonyl (C=O) groups excluding carboxylic acids is 1. The van der Waals surface area contributed by atoms with Crippen molar-refractivity contribution < 1.29 is 9.18 Å². The summed E-state index contributed by atoms with van der Waals surface area (Å²) >= 11 is 3.87. The number of amides is 1. The predicted octanol–water partition coefficient (Wildman–Crippen LogP) is 1.80. The molecule has 0 aliphatic rings. The molecule has 2 nitrogen and oxygen atoms in total. The molecule has 0 aliphatic carbocycles. The Labute approximate surface area is 94.3 Å². The van der Waals surface area contributed by atoms with E-state index in [2.05, 4.69) is 17.9 Å². The minimum atomic E-state index is -0.245. The summed E-state index contributed by atoms with van der Waals surface area (Å²) in [7, 11) is 0. The van der Waals surface area contributed by atoms with Gasteiger partial charge in [0.2, 0.25) is 5.91 Å². The first-order valence-corrected chi connectivity index (χ1v) is 5.39. The summed E-state index contributed by atoms with van der Waals surface area (Å²) in [5.41, 5.74) is 1.00. The standard InChI is InChI=1S/C11H14FNOS/c1-8(13-11(14)7-15)6-9-2-4-10(12)5-3-9/h2-5,8,15H,6-7H2,1H3,(H,13,14). The van der Waals surface area contributed by atoms with E-state index in [1.54, 1.807) is 12.1 Å². The molecule has 0 aromatic heterocycles. The van der Waals surface area contributed by atoms with Crippen molar-refractivity contribution in [3.8, 4) is 0 Å². The van der Waals surface area contributed by atoms with Crippen molar-refractivity contribution in [3.63, 3.8) is 0 Å². The van der Waals surface area contributed by atoms with Crippen LogP contribution in [0, 0.1) is 5.82 Å². The van der Waals surface area contributed by atoms with E-state index in [9.17, 15) is 9.18 Å². The lowest BCUT2D eigenvalue weighted by molar-refractivity contribution is -0.119. The molecule has 0 fully saturated rings. The van der Waals surface area contributed by atoms with Crippen LogP contribution in [0.25, 0.3) is 0 Å². The number of halogens is 1. The fourth-order valence-electron chi connectivity index (χ4n) is 1.35. The third kappa shape index (κ3) is 4.34.